The number of hydrogen-bond donors (Lipinski definition) is 0. The maximum Gasteiger partial charge on any atom is 0.246 e. The second-order valence-electron chi connectivity index (χ2n) is 3.69. The third-order valence-corrected chi connectivity index (χ3v) is 2.12. The van der Waals surface area contributed by atoms with Crippen molar-refractivity contribution in [3.8, 4) is 6.07 Å². The molecule has 82 valence electrons. The first-order chi connectivity index (χ1) is 7.70. The van der Waals surface area contributed by atoms with Crippen LogP contribution in [0.1, 0.15) is 37.3 Å². The number of nitriles is 1. The summed E-state index contributed by atoms with van der Waals surface area (Å²) in [5, 5.41) is 12.6. The van der Waals surface area contributed by atoms with Crippen molar-refractivity contribution in [1.29, 1.82) is 5.26 Å². The van der Waals surface area contributed by atoms with E-state index in [0.29, 0.717) is 24.1 Å². The third-order valence-electron chi connectivity index (χ3n) is 2.12. The standard InChI is InChI=1S/C10H11N5O/c1-7(2)10-13-9(16-14-10)6-15-4-3-12-8(15)5-11/h3-4,7H,6H2,1-2H3. The van der Waals surface area contributed by atoms with Crippen LogP contribution in [0.25, 0.3) is 0 Å². The van der Waals surface area contributed by atoms with Crippen LogP contribution in [0, 0.1) is 11.3 Å². The zero-order valence-corrected chi connectivity index (χ0v) is 9.08. The average molecular weight is 217 g/mol. The van der Waals surface area contributed by atoms with Gasteiger partial charge in [-0.15, -0.1) is 0 Å². The fourth-order valence-corrected chi connectivity index (χ4v) is 1.26. The van der Waals surface area contributed by atoms with E-state index in [1.807, 2.05) is 19.9 Å². The van der Waals surface area contributed by atoms with Crippen molar-refractivity contribution in [2.75, 3.05) is 0 Å². The Morgan fingerprint density at radius 1 is 1.56 bits per heavy atom. The Morgan fingerprint density at radius 3 is 3.00 bits per heavy atom. The lowest BCUT2D eigenvalue weighted by Gasteiger charge is -1.97. The fourth-order valence-electron chi connectivity index (χ4n) is 1.26. The Bertz CT molecular complexity index is 519. The molecule has 2 heterocycles. The van der Waals surface area contributed by atoms with Crippen molar-refractivity contribution >= 4 is 0 Å². The van der Waals surface area contributed by atoms with Gasteiger partial charge in [-0.2, -0.15) is 10.2 Å². The van der Waals surface area contributed by atoms with Gasteiger partial charge in [-0.05, 0) is 0 Å². The first-order valence-corrected chi connectivity index (χ1v) is 4.94. The van der Waals surface area contributed by atoms with Crippen LogP contribution < -0.4 is 0 Å². The van der Waals surface area contributed by atoms with Gasteiger partial charge in [0.25, 0.3) is 0 Å². The van der Waals surface area contributed by atoms with Crippen molar-refractivity contribution in [3.63, 3.8) is 0 Å². The molecule has 0 aromatic carbocycles. The predicted molar refractivity (Wildman–Crippen MR) is 54.4 cm³/mol. The van der Waals surface area contributed by atoms with E-state index in [2.05, 4.69) is 15.1 Å². The summed E-state index contributed by atoms with van der Waals surface area (Å²) >= 11 is 0. The Morgan fingerprint density at radius 2 is 2.38 bits per heavy atom. The molecule has 0 atom stereocenters. The van der Waals surface area contributed by atoms with E-state index >= 15 is 0 Å². The highest BCUT2D eigenvalue weighted by Crippen LogP contribution is 2.10. The number of rotatable bonds is 3. The van der Waals surface area contributed by atoms with Gasteiger partial charge >= 0.3 is 0 Å². The lowest BCUT2D eigenvalue weighted by molar-refractivity contribution is 0.364. The average Bonchev–Trinajstić information content (AvgIpc) is 2.87. The SMILES string of the molecule is CC(C)c1noc(Cn2ccnc2C#N)n1. The van der Waals surface area contributed by atoms with Crippen molar-refractivity contribution in [2.45, 2.75) is 26.3 Å². The minimum Gasteiger partial charge on any atom is -0.337 e. The number of aromatic nitrogens is 4. The normalized spacial score (nSPS) is 10.6. The smallest absolute Gasteiger partial charge is 0.246 e. The molecule has 2 rings (SSSR count). The highest BCUT2D eigenvalue weighted by molar-refractivity contribution is 5.12. The van der Waals surface area contributed by atoms with Crippen molar-refractivity contribution in [3.05, 3.63) is 29.9 Å². The summed E-state index contributed by atoms with van der Waals surface area (Å²) in [5.41, 5.74) is 0. The van der Waals surface area contributed by atoms with Crippen LogP contribution in [-0.4, -0.2) is 19.7 Å². The number of imidazole rings is 1. The largest absolute Gasteiger partial charge is 0.337 e. The lowest BCUT2D eigenvalue weighted by Crippen LogP contribution is -2.02. The summed E-state index contributed by atoms with van der Waals surface area (Å²) in [6.45, 7) is 4.36. The third kappa shape index (κ3) is 1.93. The van der Waals surface area contributed by atoms with Gasteiger partial charge in [-0.25, -0.2) is 4.98 Å². The number of nitrogens with zero attached hydrogens (tertiary/aromatic N) is 5. The fraction of sp³-hybridized carbons (Fsp3) is 0.400. The van der Waals surface area contributed by atoms with Gasteiger partial charge in [0, 0.05) is 18.3 Å². The van der Waals surface area contributed by atoms with Crippen LogP contribution in [-0.2, 0) is 6.54 Å². The molecule has 0 unspecified atom stereocenters. The van der Waals surface area contributed by atoms with Crippen LogP contribution in [0.15, 0.2) is 16.9 Å². The van der Waals surface area contributed by atoms with Crippen LogP contribution in [0.2, 0.25) is 0 Å². The molecule has 0 spiro atoms. The molecule has 6 heteroatoms. The van der Waals surface area contributed by atoms with Gasteiger partial charge in [0.1, 0.15) is 12.6 Å². The second kappa shape index (κ2) is 4.14. The van der Waals surface area contributed by atoms with Crippen LogP contribution in [0.5, 0.6) is 0 Å². The second-order valence-corrected chi connectivity index (χ2v) is 3.69. The van der Waals surface area contributed by atoms with E-state index in [-0.39, 0.29) is 5.92 Å². The summed E-state index contributed by atoms with van der Waals surface area (Å²) in [7, 11) is 0. The van der Waals surface area contributed by atoms with E-state index in [9.17, 15) is 0 Å². The molecule has 0 aliphatic rings. The van der Waals surface area contributed by atoms with Gasteiger partial charge < -0.3 is 9.09 Å². The highest BCUT2D eigenvalue weighted by atomic mass is 16.5. The summed E-state index contributed by atoms with van der Waals surface area (Å²) in [4.78, 5) is 8.11. The van der Waals surface area contributed by atoms with Gasteiger partial charge in [-0.1, -0.05) is 19.0 Å². The van der Waals surface area contributed by atoms with Crippen LogP contribution in [0.4, 0.5) is 0 Å². The zero-order chi connectivity index (χ0) is 11.5. The minimum atomic E-state index is 0.232. The Kier molecular flexibility index (Phi) is 2.68. The molecule has 2 aromatic rings. The molecule has 0 fully saturated rings. The summed E-state index contributed by atoms with van der Waals surface area (Å²) < 4.78 is 6.74. The Hall–Kier alpha value is -2.16. The quantitative estimate of drug-likeness (QED) is 0.774. The molecule has 6 nitrogen and oxygen atoms in total. The maximum absolute atomic E-state index is 8.78. The molecule has 0 aliphatic heterocycles. The van der Waals surface area contributed by atoms with E-state index in [0.717, 1.165) is 0 Å². The summed E-state index contributed by atoms with van der Waals surface area (Å²) in [6, 6.07) is 1.99. The summed E-state index contributed by atoms with van der Waals surface area (Å²) in [6.07, 6.45) is 3.27. The highest BCUT2D eigenvalue weighted by Gasteiger charge is 2.11. The molecule has 0 saturated heterocycles. The lowest BCUT2D eigenvalue weighted by atomic mass is 10.2. The molecule has 0 bridgehead atoms. The van der Waals surface area contributed by atoms with Crippen molar-refractivity contribution in [1.82, 2.24) is 19.7 Å². The Labute approximate surface area is 92.5 Å². The maximum atomic E-state index is 8.78. The van der Waals surface area contributed by atoms with Crippen LogP contribution >= 0.6 is 0 Å². The topological polar surface area (TPSA) is 80.5 Å². The number of hydrogen-bond acceptors (Lipinski definition) is 5. The molecule has 0 aliphatic carbocycles. The van der Waals surface area contributed by atoms with E-state index in [1.165, 1.54) is 0 Å². The summed E-state index contributed by atoms with van der Waals surface area (Å²) in [5.74, 6) is 1.73. The molecule has 2 aromatic heterocycles. The molecule has 0 saturated carbocycles. The van der Waals surface area contributed by atoms with Crippen LogP contribution in [0.3, 0.4) is 0 Å². The van der Waals surface area contributed by atoms with Gasteiger partial charge in [0.15, 0.2) is 5.82 Å². The van der Waals surface area contributed by atoms with Crippen molar-refractivity contribution in [2.24, 2.45) is 0 Å². The van der Waals surface area contributed by atoms with Crippen molar-refractivity contribution < 1.29 is 4.52 Å². The molecule has 0 N–H and O–H groups in total. The van der Waals surface area contributed by atoms with Gasteiger partial charge in [0.05, 0.1) is 0 Å². The van der Waals surface area contributed by atoms with Gasteiger partial charge in [-0.3, -0.25) is 0 Å². The van der Waals surface area contributed by atoms with E-state index < -0.39 is 0 Å². The molecule has 16 heavy (non-hydrogen) atoms. The zero-order valence-electron chi connectivity index (χ0n) is 9.08. The Balaban J connectivity index is 2.18. The first kappa shape index (κ1) is 10.4. The van der Waals surface area contributed by atoms with E-state index in [1.54, 1.807) is 17.0 Å². The molecular formula is C10H11N5O. The monoisotopic (exact) mass is 217 g/mol. The predicted octanol–water partition coefficient (Wildman–Crippen LogP) is 1.31. The van der Waals surface area contributed by atoms with E-state index in [4.69, 9.17) is 9.78 Å². The minimum absolute atomic E-state index is 0.232. The van der Waals surface area contributed by atoms with Gasteiger partial charge in [0.2, 0.25) is 11.7 Å². The molecule has 0 radical (unpaired) electrons. The molecule has 0 amide bonds. The first-order valence-electron chi connectivity index (χ1n) is 4.94. The molecular weight excluding hydrogens is 206 g/mol.